The Hall–Kier alpha value is -2.43. The summed E-state index contributed by atoms with van der Waals surface area (Å²) in [5.74, 6) is -0.519. The standard InChI is InChI=1S/C26H37BrN4O4S/c1-18(2)15-28-26(33)21(5)30(16-22-9-8-10-23(27)14-22)25(32)17-31(36(34,35)29(6)7)24-13-19(3)11-12-20(24)4/h8-14,18,21H,15-17H2,1-7H3,(H,28,33)/t21-/m0/s1. The number of rotatable bonds is 11. The van der Waals surface area contributed by atoms with E-state index in [2.05, 4.69) is 21.2 Å². The Morgan fingerprint density at radius 2 is 1.69 bits per heavy atom. The molecular formula is C26H37BrN4O4S. The Kier molecular flexibility index (Phi) is 10.5. The highest BCUT2D eigenvalue weighted by Gasteiger charge is 2.33. The van der Waals surface area contributed by atoms with Crippen LogP contribution in [0.4, 0.5) is 5.69 Å². The molecule has 0 aliphatic heterocycles. The topological polar surface area (TPSA) is 90.0 Å². The first-order valence-electron chi connectivity index (χ1n) is 11.8. The lowest BCUT2D eigenvalue weighted by Gasteiger charge is -2.33. The van der Waals surface area contributed by atoms with Crippen molar-refractivity contribution in [3.05, 3.63) is 63.6 Å². The van der Waals surface area contributed by atoms with E-state index in [-0.39, 0.29) is 18.4 Å². The van der Waals surface area contributed by atoms with E-state index in [9.17, 15) is 18.0 Å². The van der Waals surface area contributed by atoms with Crippen molar-refractivity contribution >= 4 is 43.6 Å². The Morgan fingerprint density at radius 1 is 1.03 bits per heavy atom. The molecule has 0 saturated heterocycles. The predicted octanol–water partition coefficient (Wildman–Crippen LogP) is 3.87. The first-order valence-corrected chi connectivity index (χ1v) is 14.0. The van der Waals surface area contributed by atoms with Crippen LogP contribution in [0.1, 0.15) is 37.5 Å². The van der Waals surface area contributed by atoms with Crippen LogP contribution in [0, 0.1) is 19.8 Å². The summed E-state index contributed by atoms with van der Waals surface area (Å²) in [5, 5.41) is 2.88. The van der Waals surface area contributed by atoms with Crippen LogP contribution < -0.4 is 9.62 Å². The number of aryl methyl sites for hydroxylation is 2. The summed E-state index contributed by atoms with van der Waals surface area (Å²) in [4.78, 5) is 28.2. The zero-order valence-electron chi connectivity index (χ0n) is 22.1. The summed E-state index contributed by atoms with van der Waals surface area (Å²) in [5.41, 5.74) is 2.83. The Labute approximate surface area is 224 Å². The lowest BCUT2D eigenvalue weighted by atomic mass is 10.1. The zero-order valence-corrected chi connectivity index (χ0v) is 24.5. The van der Waals surface area contributed by atoms with Gasteiger partial charge in [0.25, 0.3) is 0 Å². The van der Waals surface area contributed by atoms with E-state index in [4.69, 9.17) is 0 Å². The number of anilines is 1. The van der Waals surface area contributed by atoms with Gasteiger partial charge in [0.1, 0.15) is 12.6 Å². The quantitative estimate of drug-likeness (QED) is 0.437. The second-order valence-corrected chi connectivity index (χ2v) is 12.5. The number of nitrogens with zero attached hydrogens (tertiary/aromatic N) is 3. The molecule has 0 fully saturated rings. The third-order valence-electron chi connectivity index (χ3n) is 5.75. The summed E-state index contributed by atoms with van der Waals surface area (Å²) in [6, 6.07) is 12.1. The van der Waals surface area contributed by atoms with Gasteiger partial charge in [0.05, 0.1) is 5.69 Å². The van der Waals surface area contributed by atoms with Gasteiger partial charge in [-0.2, -0.15) is 12.7 Å². The van der Waals surface area contributed by atoms with E-state index >= 15 is 0 Å². The van der Waals surface area contributed by atoms with Crippen LogP contribution in [-0.4, -0.2) is 62.7 Å². The van der Waals surface area contributed by atoms with Gasteiger partial charge in [0, 0.05) is 31.7 Å². The molecule has 0 aromatic heterocycles. The fourth-order valence-corrected chi connectivity index (χ4v) is 5.12. The molecule has 8 nitrogen and oxygen atoms in total. The molecule has 1 N–H and O–H groups in total. The highest BCUT2D eigenvalue weighted by atomic mass is 79.9. The Balaban J connectivity index is 2.49. The zero-order chi connectivity index (χ0) is 27.2. The van der Waals surface area contributed by atoms with Crippen LogP contribution in [-0.2, 0) is 26.3 Å². The van der Waals surface area contributed by atoms with Crippen LogP contribution in [0.3, 0.4) is 0 Å². The van der Waals surface area contributed by atoms with E-state index in [0.29, 0.717) is 12.2 Å². The molecule has 2 rings (SSSR count). The Bertz CT molecular complexity index is 1180. The summed E-state index contributed by atoms with van der Waals surface area (Å²) >= 11 is 3.45. The average molecular weight is 582 g/mol. The first kappa shape index (κ1) is 29.8. The van der Waals surface area contributed by atoms with Gasteiger partial charge in [-0.15, -0.1) is 0 Å². The van der Waals surface area contributed by atoms with Crippen LogP contribution in [0.2, 0.25) is 0 Å². The van der Waals surface area contributed by atoms with Gasteiger partial charge in [-0.1, -0.05) is 54.0 Å². The van der Waals surface area contributed by atoms with E-state index in [0.717, 1.165) is 29.8 Å². The van der Waals surface area contributed by atoms with E-state index in [1.807, 2.05) is 57.2 Å². The summed E-state index contributed by atoms with van der Waals surface area (Å²) in [7, 11) is -1.14. The van der Waals surface area contributed by atoms with Crippen molar-refractivity contribution < 1.29 is 18.0 Å². The number of carbonyl (C=O) groups is 2. The molecule has 0 unspecified atom stereocenters. The normalized spacial score (nSPS) is 12.5. The molecule has 2 amide bonds. The smallest absolute Gasteiger partial charge is 0.304 e. The SMILES string of the molecule is Cc1ccc(C)c(N(CC(=O)N(Cc2cccc(Br)c2)[C@@H](C)C(=O)NCC(C)C)S(=O)(=O)N(C)C)c1. The van der Waals surface area contributed by atoms with Gasteiger partial charge in [-0.3, -0.25) is 9.59 Å². The van der Waals surface area contributed by atoms with E-state index < -0.39 is 28.7 Å². The molecule has 0 heterocycles. The second kappa shape index (κ2) is 12.7. The summed E-state index contributed by atoms with van der Waals surface area (Å²) in [6.07, 6.45) is 0. The number of hydrogen-bond donors (Lipinski definition) is 1. The number of hydrogen-bond acceptors (Lipinski definition) is 4. The molecule has 36 heavy (non-hydrogen) atoms. The maximum absolute atomic E-state index is 13.8. The van der Waals surface area contributed by atoms with Gasteiger partial charge < -0.3 is 10.2 Å². The largest absolute Gasteiger partial charge is 0.354 e. The van der Waals surface area contributed by atoms with Crippen molar-refractivity contribution in [2.45, 2.75) is 47.2 Å². The molecule has 10 heteroatoms. The molecule has 2 aromatic carbocycles. The van der Waals surface area contributed by atoms with Crippen molar-refractivity contribution in [3.8, 4) is 0 Å². The molecule has 0 spiro atoms. The maximum atomic E-state index is 13.8. The monoisotopic (exact) mass is 580 g/mol. The minimum absolute atomic E-state index is 0.150. The molecule has 2 aromatic rings. The van der Waals surface area contributed by atoms with Gasteiger partial charge >= 0.3 is 10.2 Å². The number of benzene rings is 2. The van der Waals surface area contributed by atoms with Gasteiger partial charge in [0.15, 0.2) is 0 Å². The summed E-state index contributed by atoms with van der Waals surface area (Å²) in [6.45, 7) is 9.50. The summed E-state index contributed by atoms with van der Waals surface area (Å²) < 4.78 is 29.7. The average Bonchev–Trinajstić information content (AvgIpc) is 2.80. The number of halogens is 1. The fourth-order valence-electron chi connectivity index (χ4n) is 3.56. The maximum Gasteiger partial charge on any atom is 0.304 e. The number of nitrogens with one attached hydrogen (secondary N) is 1. The van der Waals surface area contributed by atoms with Crippen molar-refractivity contribution in [2.24, 2.45) is 5.92 Å². The number of carbonyl (C=O) groups excluding carboxylic acids is 2. The van der Waals surface area contributed by atoms with Gasteiger partial charge in [0.2, 0.25) is 11.8 Å². The third kappa shape index (κ3) is 7.78. The highest BCUT2D eigenvalue weighted by molar-refractivity contribution is 9.10. The third-order valence-corrected chi connectivity index (χ3v) is 8.04. The van der Waals surface area contributed by atoms with Crippen molar-refractivity contribution in [1.82, 2.24) is 14.5 Å². The van der Waals surface area contributed by atoms with E-state index in [1.165, 1.54) is 19.0 Å². The fraction of sp³-hybridized carbons (Fsp3) is 0.462. The second-order valence-electron chi connectivity index (χ2n) is 9.55. The number of amides is 2. The molecular weight excluding hydrogens is 544 g/mol. The van der Waals surface area contributed by atoms with Crippen molar-refractivity contribution in [1.29, 1.82) is 0 Å². The van der Waals surface area contributed by atoms with Crippen LogP contribution in [0.15, 0.2) is 46.9 Å². The minimum Gasteiger partial charge on any atom is -0.354 e. The lowest BCUT2D eigenvalue weighted by Crippen LogP contribution is -2.52. The lowest BCUT2D eigenvalue weighted by molar-refractivity contribution is -0.139. The molecule has 198 valence electrons. The molecule has 0 bridgehead atoms. The molecule has 0 aliphatic rings. The molecule has 0 radical (unpaired) electrons. The van der Waals surface area contributed by atoms with Crippen LogP contribution in [0.5, 0.6) is 0 Å². The predicted molar refractivity (Wildman–Crippen MR) is 148 cm³/mol. The van der Waals surface area contributed by atoms with Crippen LogP contribution >= 0.6 is 15.9 Å². The van der Waals surface area contributed by atoms with Crippen molar-refractivity contribution in [3.63, 3.8) is 0 Å². The first-order chi connectivity index (χ1) is 16.7. The minimum atomic E-state index is -4.00. The van der Waals surface area contributed by atoms with E-state index in [1.54, 1.807) is 19.9 Å². The highest BCUT2D eigenvalue weighted by Crippen LogP contribution is 2.26. The van der Waals surface area contributed by atoms with Crippen LogP contribution in [0.25, 0.3) is 0 Å². The molecule has 0 aliphatic carbocycles. The van der Waals surface area contributed by atoms with Gasteiger partial charge in [-0.25, -0.2) is 4.31 Å². The van der Waals surface area contributed by atoms with Gasteiger partial charge in [-0.05, 0) is 61.6 Å². The molecule has 0 saturated carbocycles. The Morgan fingerprint density at radius 3 is 2.28 bits per heavy atom. The molecule has 1 atom stereocenters. The van der Waals surface area contributed by atoms with Crippen molar-refractivity contribution in [2.75, 3.05) is 31.5 Å².